The van der Waals surface area contributed by atoms with Crippen LogP contribution in [0.4, 0.5) is 4.39 Å². The van der Waals surface area contributed by atoms with Crippen LogP contribution in [0.15, 0.2) is 4.99 Å². The summed E-state index contributed by atoms with van der Waals surface area (Å²) in [5.41, 5.74) is 0. The fourth-order valence-electron chi connectivity index (χ4n) is 0.178. The lowest BCUT2D eigenvalue weighted by Gasteiger charge is -1.75. The summed E-state index contributed by atoms with van der Waals surface area (Å²) >= 11 is 0. The minimum Gasteiger partial charge on any atom is -0.295 e. The molecular weight excluding hydrogens is 80.1 g/mol. The standard InChI is InChI=1S/C4H8FN/c1-2-6-4-3-5/h2H,3-4H2,1H3/i5-1. The minimum atomic E-state index is -0.343. The van der Waals surface area contributed by atoms with Gasteiger partial charge in [-0.15, -0.1) is 0 Å². The van der Waals surface area contributed by atoms with Crippen molar-refractivity contribution in [1.82, 2.24) is 0 Å². The first-order valence-electron chi connectivity index (χ1n) is 1.92. The Bertz CT molecular complexity index is 42.8. The summed E-state index contributed by atoms with van der Waals surface area (Å²) in [7, 11) is 0. The Kier molecular flexibility index (Phi) is 4.29. The highest BCUT2D eigenvalue weighted by atomic mass is 18.2. The van der Waals surface area contributed by atoms with E-state index in [1.807, 2.05) is 0 Å². The molecule has 0 saturated heterocycles. The second-order valence-electron chi connectivity index (χ2n) is 0.853. The molecule has 0 aliphatic carbocycles. The number of aliphatic imine (C=N–C) groups is 1. The van der Waals surface area contributed by atoms with Crippen molar-refractivity contribution >= 4 is 6.21 Å². The highest BCUT2D eigenvalue weighted by Crippen LogP contribution is 1.66. The Morgan fingerprint density at radius 1 is 1.83 bits per heavy atom. The third-order valence-electron chi connectivity index (χ3n) is 0.396. The summed E-state index contributed by atoms with van der Waals surface area (Å²) in [6.45, 7) is 1.75. The smallest absolute Gasteiger partial charge is 0.109 e. The Morgan fingerprint density at radius 3 is 2.67 bits per heavy atom. The molecule has 0 radical (unpaired) electrons. The fraction of sp³-hybridized carbons (Fsp3) is 0.750. The van der Waals surface area contributed by atoms with E-state index in [4.69, 9.17) is 0 Å². The molecule has 6 heavy (non-hydrogen) atoms. The maximum Gasteiger partial charge on any atom is 0.109 e. The first-order valence-corrected chi connectivity index (χ1v) is 1.92. The zero-order valence-electron chi connectivity index (χ0n) is 3.82. The van der Waals surface area contributed by atoms with E-state index in [0.29, 0.717) is 6.54 Å². The summed E-state index contributed by atoms with van der Waals surface area (Å²) < 4.78 is 11.1. The molecule has 0 amide bonds. The zero-order valence-corrected chi connectivity index (χ0v) is 3.82. The largest absolute Gasteiger partial charge is 0.295 e. The van der Waals surface area contributed by atoms with Crippen LogP contribution < -0.4 is 0 Å². The molecule has 0 fully saturated rings. The Labute approximate surface area is 36.9 Å². The van der Waals surface area contributed by atoms with Gasteiger partial charge in [0.1, 0.15) is 6.67 Å². The predicted molar refractivity (Wildman–Crippen MR) is 25.0 cm³/mol. The molecule has 0 aromatic heterocycles. The van der Waals surface area contributed by atoms with Gasteiger partial charge in [0.15, 0.2) is 0 Å². The van der Waals surface area contributed by atoms with Crippen LogP contribution in [-0.2, 0) is 0 Å². The number of hydrogen-bond donors (Lipinski definition) is 0. The number of halogens is 1. The molecule has 0 spiro atoms. The van der Waals surface area contributed by atoms with Gasteiger partial charge in [-0.2, -0.15) is 0 Å². The number of alkyl halides is 1. The van der Waals surface area contributed by atoms with Gasteiger partial charge in [0.2, 0.25) is 0 Å². The Morgan fingerprint density at radius 2 is 2.50 bits per heavy atom. The molecule has 0 N–H and O–H groups in total. The molecular formula is C4H8FN. The van der Waals surface area contributed by atoms with E-state index in [-0.39, 0.29) is 6.67 Å². The van der Waals surface area contributed by atoms with Crippen molar-refractivity contribution in [1.29, 1.82) is 0 Å². The van der Waals surface area contributed by atoms with Crippen molar-refractivity contribution in [3.63, 3.8) is 0 Å². The quantitative estimate of drug-likeness (QED) is 0.447. The Hall–Kier alpha value is -0.400. The molecule has 0 rings (SSSR count). The molecule has 0 aliphatic heterocycles. The van der Waals surface area contributed by atoms with Crippen molar-refractivity contribution in [3.8, 4) is 0 Å². The molecule has 2 heteroatoms. The first-order chi connectivity index (χ1) is 2.91. The van der Waals surface area contributed by atoms with E-state index < -0.39 is 0 Å². The van der Waals surface area contributed by atoms with E-state index in [1.165, 1.54) is 0 Å². The van der Waals surface area contributed by atoms with Crippen molar-refractivity contribution in [2.45, 2.75) is 6.92 Å². The van der Waals surface area contributed by atoms with E-state index >= 15 is 0 Å². The van der Waals surface area contributed by atoms with Gasteiger partial charge in [0, 0.05) is 0 Å². The molecule has 0 aromatic carbocycles. The normalized spacial score (nSPS) is 10.3. The van der Waals surface area contributed by atoms with E-state index in [0.717, 1.165) is 0 Å². The first kappa shape index (κ1) is 5.60. The molecule has 36 valence electrons. The average molecular weight is 88.1 g/mol. The van der Waals surface area contributed by atoms with Crippen LogP contribution in [0.1, 0.15) is 6.92 Å². The van der Waals surface area contributed by atoms with Gasteiger partial charge >= 0.3 is 0 Å². The highest BCUT2D eigenvalue weighted by molar-refractivity contribution is 5.53. The van der Waals surface area contributed by atoms with Gasteiger partial charge in [0.25, 0.3) is 0 Å². The lowest BCUT2D eigenvalue weighted by Crippen LogP contribution is -1.78. The highest BCUT2D eigenvalue weighted by Gasteiger charge is 1.68. The molecule has 0 heterocycles. The molecule has 0 bridgehead atoms. The molecule has 1 nitrogen and oxygen atoms in total. The summed E-state index contributed by atoms with van der Waals surface area (Å²) in [5.74, 6) is 0. The van der Waals surface area contributed by atoms with Gasteiger partial charge in [0.05, 0.1) is 6.54 Å². The second kappa shape index (κ2) is 4.60. The van der Waals surface area contributed by atoms with Crippen LogP contribution >= 0.6 is 0 Å². The van der Waals surface area contributed by atoms with Gasteiger partial charge in [-0.05, 0) is 13.1 Å². The van der Waals surface area contributed by atoms with E-state index in [9.17, 15) is 4.39 Å². The minimum absolute atomic E-state index is 0.316. The van der Waals surface area contributed by atoms with Crippen molar-refractivity contribution < 1.29 is 4.39 Å². The summed E-state index contributed by atoms with van der Waals surface area (Å²) in [4.78, 5) is 3.59. The number of hydrogen-bond acceptors (Lipinski definition) is 1. The third-order valence-corrected chi connectivity index (χ3v) is 0.396. The lowest BCUT2D eigenvalue weighted by atomic mass is 10.7. The maximum absolute atomic E-state index is 11.1. The fourth-order valence-corrected chi connectivity index (χ4v) is 0.178. The molecule has 0 aliphatic rings. The summed E-state index contributed by atoms with van der Waals surface area (Å²) in [5, 5.41) is 0. The predicted octanol–water partition coefficient (Wildman–Crippen LogP) is 1.05. The topological polar surface area (TPSA) is 12.4 Å². The van der Waals surface area contributed by atoms with Gasteiger partial charge < -0.3 is 0 Å². The van der Waals surface area contributed by atoms with Crippen LogP contribution in [-0.4, -0.2) is 19.4 Å². The van der Waals surface area contributed by atoms with Crippen LogP contribution in [0.2, 0.25) is 0 Å². The monoisotopic (exact) mass is 88.1 g/mol. The van der Waals surface area contributed by atoms with Crippen LogP contribution in [0.3, 0.4) is 0 Å². The average Bonchev–Trinajstić information content (AvgIpc) is 1.61. The molecule has 0 atom stereocenters. The van der Waals surface area contributed by atoms with Crippen molar-refractivity contribution in [2.24, 2.45) is 4.99 Å². The molecule has 0 saturated carbocycles. The van der Waals surface area contributed by atoms with Gasteiger partial charge in [-0.3, -0.25) is 4.99 Å². The van der Waals surface area contributed by atoms with Gasteiger partial charge in [-0.1, -0.05) is 0 Å². The van der Waals surface area contributed by atoms with Crippen LogP contribution in [0.5, 0.6) is 0 Å². The summed E-state index contributed by atoms with van der Waals surface area (Å²) in [6.07, 6.45) is 1.60. The van der Waals surface area contributed by atoms with E-state index in [1.54, 1.807) is 13.1 Å². The van der Waals surface area contributed by atoms with Crippen molar-refractivity contribution in [3.05, 3.63) is 0 Å². The number of rotatable bonds is 2. The number of nitrogens with zero attached hydrogens (tertiary/aromatic N) is 1. The molecule has 0 unspecified atom stereocenters. The second-order valence-corrected chi connectivity index (χ2v) is 0.853. The van der Waals surface area contributed by atoms with Crippen molar-refractivity contribution in [2.75, 3.05) is 13.2 Å². The third kappa shape index (κ3) is 3.60. The van der Waals surface area contributed by atoms with Crippen LogP contribution in [0.25, 0.3) is 0 Å². The molecule has 0 aromatic rings. The lowest BCUT2D eigenvalue weighted by molar-refractivity contribution is 0.505. The SMILES string of the molecule is CC=NCC[18F]. The summed E-state index contributed by atoms with van der Waals surface area (Å²) in [6, 6.07) is 0. The van der Waals surface area contributed by atoms with E-state index in [2.05, 4.69) is 4.99 Å². The Balaban J connectivity index is 2.66. The van der Waals surface area contributed by atoms with Crippen LogP contribution in [0, 0.1) is 0 Å². The van der Waals surface area contributed by atoms with Gasteiger partial charge in [-0.25, -0.2) is 4.39 Å². The maximum atomic E-state index is 11.1. The zero-order chi connectivity index (χ0) is 4.83.